The largest absolute Gasteiger partial charge is 0.324 e. The van der Waals surface area contributed by atoms with Crippen molar-refractivity contribution in [3.8, 4) is 0 Å². The van der Waals surface area contributed by atoms with Crippen molar-refractivity contribution in [1.82, 2.24) is 13.9 Å². The topological polar surface area (TPSA) is 55.2 Å². The second kappa shape index (κ2) is 5.55. The van der Waals surface area contributed by atoms with Crippen LogP contribution < -0.4 is 0 Å². The molecule has 0 amide bonds. The Labute approximate surface area is 123 Å². The van der Waals surface area contributed by atoms with Gasteiger partial charge in [-0.1, -0.05) is 41.4 Å². The van der Waals surface area contributed by atoms with Crippen LogP contribution in [0.2, 0.25) is 5.15 Å². The van der Waals surface area contributed by atoms with Gasteiger partial charge in [0.15, 0.2) is 0 Å². The third-order valence-corrected chi connectivity index (χ3v) is 5.31. The van der Waals surface area contributed by atoms with Gasteiger partial charge in [0, 0.05) is 20.6 Å². The highest BCUT2D eigenvalue weighted by Gasteiger charge is 2.27. The number of benzene rings is 1. The lowest BCUT2D eigenvalue weighted by atomic mass is 10.1. The molecule has 0 N–H and O–H groups in total. The molecular weight excluding hydrogens is 298 g/mol. The van der Waals surface area contributed by atoms with Crippen molar-refractivity contribution >= 4 is 21.6 Å². The summed E-state index contributed by atoms with van der Waals surface area (Å²) in [6.45, 7) is 2.26. The Kier molecular flexibility index (Phi) is 4.17. The van der Waals surface area contributed by atoms with E-state index in [9.17, 15) is 8.42 Å². The Morgan fingerprint density at radius 1 is 1.30 bits per heavy atom. The Morgan fingerprint density at radius 2 is 1.90 bits per heavy atom. The SMILES string of the molecule is Cc1ccc(CN(C)S(=O)(=O)c2ncn(C)c2Cl)cc1. The first-order valence-corrected chi connectivity index (χ1v) is 7.83. The van der Waals surface area contributed by atoms with Gasteiger partial charge in [-0.25, -0.2) is 13.4 Å². The zero-order chi connectivity index (χ0) is 14.9. The lowest BCUT2D eigenvalue weighted by Crippen LogP contribution is -2.27. The summed E-state index contributed by atoms with van der Waals surface area (Å²) in [5.74, 6) is 0. The van der Waals surface area contributed by atoms with Crippen LogP contribution in [-0.2, 0) is 23.6 Å². The standard InChI is InChI=1S/C13H16ClN3O2S/c1-10-4-6-11(7-5-10)8-17(3)20(18,19)13-12(14)16(2)9-15-13/h4-7,9H,8H2,1-3H3. The van der Waals surface area contributed by atoms with Crippen molar-refractivity contribution in [2.45, 2.75) is 18.5 Å². The molecule has 0 fully saturated rings. The Bertz CT molecular complexity index is 708. The number of aryl methyl sites for hydroxylation is 2. The summed E-state index contributed by atoms with van der Waals surface area (Å²) in [5.41, 5.74) is 2.04. The monoisotopic (exact) mass is 313 g/mol. The number of imidazole rings is 1. The quantitative estimate of drug-likeness (QED) is 0.869. The van der Waals surface area contributed by atoms with Crippen LogP contribution in [0.5, 0.6) is 0 Å². The van der Waals surface area contributed by atoms with Gasteiger partial charge in [0.1, 0.15) is 5.15 Å². The lowest BCUT2D eigenvalue weighted by molar-refractivity contribution is 0.464. The van der Waals surface area contributed by atoms with E-state index in [1.165, 1.54) is 22.2 Å². The van der Waals surface area contributed by atoms with E-state index in [-0.39, 0.29) is 16.7 Å². The molecule has 0 saturated carbocycles. The highest BCUT2D eigenvalue weighted by atomic mass is 35.5. The summed E-state index contributed by atoms with van der Waals surface area (Å²) >= 11 is 5.96. The molecule has 0 atom stereocenters. The minimum absolute atomic E-state index is 0.112. The molecule has 0 aliphatic carbocycles. The van der Waals surface area contributed by atoms with E-state index in [1.807, 2.05) is 31.2 Å². The molecule has 2 rings (SSSR count). The molecule has 5 nitrogen and oxygen atoms in total. The van der Waals surface area contributed by atoms with E-state index < -0.39 is 10.0 Å². The number of aromatic nitrogens is 2. The first-order valence-electron chi connectivity index (χ1n) is 6.01. The van der Waals surface area contributed by atoms with E-state index in [2.05, 4.69) is 4.98 Å². The van der Waals surface area contributed by atoms with E-state index in [0.717, 1.165) is 11.1 Å². The number of halogens is 1. The number of sulfonamides is 1. The fourth-order valence-electron chi connectivity index (χ4n) is 1.75. The minimum Gasteiger partial charge on any atom is -0.324 e. The van der Waals surface area contributed by atoms with E-state index in [0.29, 0.717) is 0 Å². The molecule has 0 bridgehead atoms. The van der Waals surface area contributed by atoms with Crippen LogP contribution in [0.15, 0.2) is 35.6 Å². The van der Waals surface area contributed by atoms with Gasteiger partial charge in [-0.3, -0.25) is 0 Å². The van der Waals surface area contributed by atoms with Crippen molar-refractivity contribution in [3.05, 3.63) is 46.9 Å². The smallest absolute Gasteiger partial charge is 0.263 e. The summed E-state index contributed by atoms with van der Waals surface area (Å²) < 4.78 is 27.5. The van der Waals surface area contributed by atoms with E-state index >= 15 is 0 Å². The van der Waals surface area contributed by atoms with E-state index in [1.54, 1.807) is 7.05 Å². The van der Waals surface area contributed by atoms with Gasteiger partial charge < -0.3 is 4.57 Å². The van der Waals surface area contributed by atoms with Crippen molar-refractivity contribution in [2.24, 2.45) is 7.05 Å². The molecule has 0 aliphatic heterocycles. The van der Waals surface area contributed by atoms with Gasteiger partial charge in [-0.15, -0.1) is 0 Å². The van der Waals surface area contributed by atoms with Crippen LogP contribution in [0.3, 0.4) is 0 Å². The van der Waals surface area contributed by atoms with Gasteiger partial charge in [0.05, 0.1) is 6.33 Å². The second-order valence-electron chi connectivity index (χ2n) is 4.70. The first kappa shape index (κ1) is 15.0. The summed E-state index contributed by atoms with van der Waals surface area (Å²) in [4.78, 5) is 3.87. The van der Waals surface area contributed by atoms with Crippen LogP contribution in [0.25, 0.3) is 0 Å². The van der Waals surface area contributed by atoms with Crippen molar-refractivity contribution in [1.29, 1.82) is 0 Å². The average molecular weight is 314 g/mol. The van der Waals surface area contributed by atoms with Gasteiger partial charge in [0.25, 0.3) is 10.0 Å². The molecule has 1 aromatic carbocycles. The predicted octanol–water partition coefficient (Wildman–Crippen LogP) is 2.20. The van der Waals surface area contributed by atoms with Crippen LogP contribution >= 0.6 is 11.6 Å². The Morgan fingerprint density at radius 3 is 2.40 bits per heavy atom. The molecule has 7 heteroatoms. The molecule has 0 spiro atoms. The molecule has 0 saturated heterocycles. The van der Waals surface area contributed by atoms with Gasteiger partial charge in [-0.05, 0) is 12.5 Å². The fraction of sp³-hybridized carbons (Fsp3) is 0.308. The number of hydrogen-bond donors (Lipinski definition) is 0. The summed E-state index contributed by atoms with van der Waals surface area (Å²) in [6.07, 6.45) is 1.38. The van der Waals surface area contributed by atoms with E-state index in [4.69, 9.17) is 11.6 Å². The van der Waals surface area contributed by atoms with Crippen LogP contribution in [0, 0.1) is 6.92 Å². The molecule has 0 radical (unpaired) electrons. The molecule has 0 unspecified atom stereocenters. The Balaban J connectivity index is 2.26. The maximum Gasteiger partial charge on any atom is 0.263 e. The lowest BCUT2D eigenvalue weighted by Gasteiger charge is -2.16. The average Bonchev–Trinajstić information content (AvgIpc) is 2.73. The van der Waals surface area contributed by atoms with Crippen LogP contribution in [0.4, 0.5) is 0 Å². The zero-order valence-electron chi connectivity index (χ0n) is 11.5. The van der Waals surface area contributed by atoms with Gasteiger partial charge in [-0.2, -0.15) is 4.31 Å². The second-order valence-corrected chi connectivity index (χ2v) is 7.02. The highest BCUT2D eigenvalue weighted by molar-refractivity contribution is 7.89. The molecule has 2 aromatic rings. The summed E-state index contributed by atoms with van der Waals surface area (Å²) in [5, 5.41) is -0.00275. The van der Waals surface area contributed by atoms with Crippen molar-refractivity contribution in [2.75, 3.05) is 7.05 Å². The van der Waals surface area contributed by atoms with Crippen molar-refractivity contribution < 1.29 is 8.42 Å². The summed E-state index contributed by atoms with van der Waals surface area (Å²) in [6, 6.07) is 7.70. The van der Waals surface area contributed by atoms with Crippen LogP contribution in [-0.4, -0.2) is 29.3 Å². The third kappa shape index (κ3) is 2.87. The molecule has 1 aromatic heterocycles. The number of hydrogen-bond acceptors (Lipinski definition) is 3. The Hall–Kier alpha value is -1.37. The van der Waals surface area contributed by atoms with Crippen LogP contribution in [0.1, 0.15) is 11.1 Å². The zero-order valence-corrected chi connectivity index (χ0v) is 13.1. The molecule has 0 aliphatic rings. The third-order valence-electron chi connectivity index (χ3n) is 3.01. The first-order chi connectivity index (χ1) is 9.32. The number of nitrogens with zero attached hydrogens (tertiary/aromatic N) is 3. The maximum atomic E-state index is 12.4. The fourth-order valence-corrected chi connectivity index (χ4v) is 3.29. The maximum absolute atomic E-state index is 12.4. The number of rotatable bonds is 4. The van der Waals surface area contributed by atoms with Crippen molar-refractivity contribution in [3.63, 3.8) is 0 Å². The highest BCUT2D eigenvalue weighted by Crippen LogP contribution is 2.22. The molecule has 20 heavy (non-hydrogen) atoms. The molecular formula is C13H16ClN3O2S. The summed E-state index contributed by atoms with van der Waals surface area (Å²) in [7, 11) is -0.526. The molecule has 1 heterocycles. The predicted molar refractivity (Wildman–Crippen MR) is 78.0 cm³/mol. The van der Waals surface area contributed by atoms with Gasteiger partial charge >= 0.3 is 0 Å². The normalized spacial score (nSPS) is 12.1. The minimum atomic E-state index is -3.69. The molecule has 108 valence electrons. The van der Waals surface area contributed by atoms with Gasteiger partial charge in [0.2, 0.25) is 5.03 Å².